The standard InChI is InChI=1S/C22H32O7/c1-11-6-7-22(26)9-14-13-10-28-15(13)8-16(24)20(14,3)19(25)18(29-12(2)23)17(11)21(22,4)27-5/h13-16,18,24,26H,6-10H2,1-5H3/t13?,14?,15?,16-,18+,20-,21-,22?/m0/s1. The number of fused-ring (bicyclic) bond motifs is 5. The summed E-state index contributed by atoms with van der Waals surface area (Å²) < 4.78 is 17.1. The van der Waals surface area contributed by atoms with E-state index in [4.69, 9.17) is 14.2 Å². The minimum absolute atomic E-state index is 0.0732. The molecule has 1 heterocycles. The van der Waals surface area contributed by atoms with Gasteiger partial charge in [0.1, 0.15) is 5.60 Å². The van der Waals surface area contributed by atoms with Crippen LogP contribution in [0, 0.1) is 17.3 Å². The Balaban J connectivity index is 1.94. The van der Waals surface area contributed by atoms with Crippen LogP contribution in [0.3, 0.4) is 0 Å². The highest BCUT2D eigenvalue weighted by atomic mass is 16.6. The number of ether oxygens (including phenoxy) is 3. The summed E-state index contributed by atoms with van der Waals surface area (Å²) in [7, 11) is 1.52. The average Bonchev–Trinajstić information content (AvgIpc) is 2.64. The third-order valence-electron chi connectivity index (χ3n) is 8.47. The fraction of sp³-hybridized carbons (Fsp3) is 0.818. The Morgan fingerprint density at radius 1 is 1.31 bits per heavy atom. The molecule has 29 heavy (non-hydrogen) atoms. The fourth-order valence-electron chi connectivity index (χ4n) is 6.38. The number of methoxy groups -OCH3 is 1. The number of esters is 1. The van der Waals surface area contributed by atoms with E-state index in [1.807, 2.05) is 6.92 Å². The molecule has 0 aromatic heterocycles. The number of allylic oxidation sites excluding steroid dienone is 1. The Bertz CT molecular complexity index is 775. The summed E-state index contributed by atoms with van der Waals surface area (Å²) in [6.07, 6.45) is -0.471. The molecule has 4 unspecified atom stereocenters. The first-order valence-corrected chi connectivity index (χ1v) is 10.5. The molecular formula is C22H32O7. The van der Waals surface area contributed by atoms with Crippen molar-refractivity contribution in [2.24, 2.45) is 17.3 Å². The number of hydrogen-bond donors (Lipinski definition) is 2. The van der Waals surface area contributed by atoms with E-state index in [-0.39, 0.29) is 23.7 Å². The summed E-state index contributed by atoms with van der Waals surface area (Å²) >= 11 is 0. The molecule has 0 aromatic carbocycles. The normalized spacial score (nSPS) is 49.3. The fourth-order valence-corrected chi connectivity index (χ4v) is 6.38. The summed E-state index contributed by atoms with van der Waals surface area (Å²) in [6, 6.07) is 0. The van der Waals surface area contributed by atoms with Gasteiger partial charge in [0.25, 0.3) is 0 Å². The molecule has 0 aromatic rings. The Kier molecular flexibility index (Phi) is 4.78. The minimum atomic E-state index is -1.25. The van der Waals surface area contributed by atoms with Gasteiger partial charge in [-0.25, -0.2) is 0 Å². The van der Waals surface area contributed by atoms with Crippen LogP contribution >= 0.6 is 0 Å². The second kappa shape index (κ2) is 6.61. The molecule has 3 aliphatic carbocycles. The zero-order valence-corrected chi connectivity index (χ0v) is 17.9. The van der Waals surface area contributed by atoms with E-state index >= 15 is 0 Å². The molecular weight excluding hydrogens is 376 g/mol. The number of hydrogen-bond acceptors (Lipinski definition) is 7. The highest BCUT2D eigenvalue weighted by Gasteiger charge is 2.68. The zero-order chi connectivity index (χ0) is 21.4. The zero-order valence-electron chi connectivity index (χ0n) is 17.9. The maximum Gasteiger partial charge on any atom is 0.303 e. The van der Waals surface area contributed by atoms with E-state index in [1.165, 1.54) is 14.0 Å². The molecule has 7 nitrogen and oxygen atoms in total. The van der Waals surface area contributed by atoms with Crippen LogP contribution in [0.15, 0.2) is 11.1 Å². The Labute approximate surface area is 171 Å². The lowest BCUT2D eigenvalue weighted by Gasteiger charge is -2.61. The molecule has 8 atom stereocenters. The van der Waals surface area contributed by atoms with Gasteiger partial charge < -0.3 is 24.4 Å². The van der Waals surface area contributed by atoms with Crippen molar-refractivity contribution in [1.82, 2.24) is 0 Å². The van der Waals surface area contributed by atoms with E-state index in [1.54, 1.807) is 13.8 Å². The van der Waals surface area contributed by atoms with Crippen molar-refractivity contribution in [2.75, 3.05) is 13.7 Å². The smallest absolute Gasteiger partial charge is 0.303 e. The van der Waals surface area contributed by atoms with E-state index in [0.717, 1.165) is 5.57 Å². The van der Waals surface area contributed by atoms with Gasteiger partial charge in [0, 0.05) is 31.9 Å². The third-order valence-corrected chi connectivity index (χ3v) is 8.47. The predicted octanol–water partition coefficient (Wildman–Crippen LogP) is 1.54. The predicted molar refractivity (Wildman–Crippen MR) is 103 cm³/mol. The second-order valence-electron chi connectivity index (χ2n) is 9.70. The molecule has 0 spiro atoms. The van der Waals surface area contributed by atoms with Crippen molar-refractivity contribution in [3.8, 4) is 0 Å². The van der Waals surface area contributed by atoms with Gasteiger partial charge in [-0.15, -0.1) is 0 Å². The van der Waals surface area contributed by atoms with Crippen molar-refractivity contribution < 1.29 is 34.0 Å². The van der Waals surface area contributed by atoms with Crippen LogP contribution in [0.25, 0.3) is 0 Å². The number of aliphatic hydroxyl groups excluding tert-OH is 1. The van der Waals surface area contributed by atoms with Crippen LogP contribution < -0.4 is 0 Å². The van der Waals surface area contributed by atoms with Gasteiger partial charge >= 0.3 is 5.97 Å². The summed E-state index contributed by atoms with van der Waals surface area (Å²) in [5.41, 5.74) is -2.16. The number of rotatable bonds is 2. The van der Waals surface area contributed by atoms with Crippen molar-refractivity contribution in [3.63, 3.8) is 0 Å². The second-order valence-corrected chi connectivity index (χ2v) is 9.70. The van der Waals surface area contributed by atoms with Crippen LogP contribution in [0.4, 0.5) is 0 Å². The van der Waals surface area contributed by atoms with Gasteiger partial charge in [0.2, 0.25) is 0 Å². The summed E-state index contributed by atoms with van der Waals surface area (Å²) in [5.74, 6) is -1.11. The van der Waals surface area contributed by atoms with Crippen molar-refractivity contribution in [2.45, 2.75) is 82.9 Å². The van der Waals surface area contributed by atoms with Crippen LogP contribution in [0.1, 0.15) is 53.4 Å². The first-order chi connectivity index (χ1) is 13.5. The first kappa shape index (κ1) is 21.0. The summed E-state index contributed by atoms with van der Waals surface area (Å²) in [6.45, 7) is 7.22. The molecule has 0 amide bonds. The van der Waals surface area contributed by atoms with Gasteiger partial charge in [-0.3, -0.25) is 9.59 Å². The number of ketones is 1. The van der Waals surface area contributed by atoms with Gasteiger partial charge in [-0.2, -0.15) is 0 Å². The topological polar surface area (TPSA) is 102 Å². The Hall–Kier alpha value is -1.28. The molecule has 1 aliphatic heterocycles. The third kappa shape index (κ3) is 2.63. The van der Waals surface area contributed by atoms with E-state index in [9.17, 15) is 19.8 Å². The lowest BCUT2D eigenvalue weighted by molar-refractivity contribution is -0.251. The van der Waals surface area contributed by atoms with Crippen LogP contribution in [-0.4, -0.2) is 65.2 Å². The van der Waals surface area contributed by atoms with Crippen LogP contribution in [-0.2, 0) is 23.8 Å². The molecule has 4 rings (SSSR count). The molecule has 2 N–H and O–H groups in total. The quantitative estimate of drug-likeness (QED) is 0.528. The first-order valence-electron chi connectivity index (χ1n) is 10.5. The maximum absolute atomic E-state index is 14.0. The van der Waals surface area contributed by atoms with Crippen molar-refractivity contribution in [3.05, 3.63) is 11.1 Å². The molecule has 1 saturated heterocycles. The molecule has 7 heteroatoms. The van der Waals surface area contributed by atoms with Gasteiger partial charge in [-0.05, 0) is 46.0 Å². The molecule has 2 bridgehead atoms. The summed E-state index contributed by atoms with van der Waals surface area (Å²) in [5, 5.41) is 23.0. The molecule has 2 saturated carbocycles. The maximum atomic E-state index is 14.0. The van der Waals surface area contributed by atoms with Gasteiger partial charge in [-0.1, -0.05) is 5.57 Å². The molecule has 4 aliphatic rings. The Morgan fingerprint density at radius 2 is 2.00 bits per heavy atom. The largest absolute Gasteiger partial charge is 0.450 e. The van der Waals surface area contributed by atoms with Crippen molar-refractivity contribution in [1.29, 1.82) is 0 Å². The van der Waals surface area contributed by atoms with E-state index in [0.29, 0.717) is 37.9 Å². The summed E-state index contributed by atoms with van der Waals surface area (Å²) in [4.78, 5) is 26.0. The SMILES string of the molecule is CO[C@@]1(C)C2=C(C)CCC1(O)CC1C3COC3C[C@H](O)[C@@]1(C)C(=O)[C@@H]2OC(C)=O. The van der Waals surface area contributed by atoms with Crippen LogP contribution in [0.2, 0.25) is 0 Å². The molecule has 162 valence electrons. The van der Waals surface area contributed by atoms with Crippen LogP contribution in [0.5, 0.6) is 0 Å². The average molecular weight is 408 g/mol. The number of aliphatic hydroxyl groups is 2. The monoisotopic (exact) mass is 408 g/mol. The Morgan fingerprint density at radius 3 is 2.55 bits per heavy atom. The molecule has 0 radical (unpaired) electrons. The molecule has 3 fully saturated rings. The van der Waals surface area contributed by atoms with E-state index < -0.39 is 34.8 Å². The van der Waals surface area contributed by atoms with E-state index in [2.05, 4.69) is 0 Å². The number of Topliss-reactive ketones (excluding diaryl/α,β-unsaturated/α-hetero) is 1. The van der Waals surface area contributed by atoms with Gasteiger partial charge in [0.05, 0.1) is 29.8 Å². The lowest BCUT2D eigenvalue weighted by atomic mass is 9.49. The highest BCUT2D eigenvalue weighted by molar-refractivity contribution is 5.94. The van der Waals surface area contributed by atoms with Crippen molar-refractivity contribution >= 4 is 11.8 Å². The number of carbonyl (C=O) groups is 2. The lowest BCUT2D eigenvalue weighted by Crippen LogP contribution is -2.70. The number of carbonyl (C=O) groups excluding carboxylic acids is 2. The highest BCUT2D eigenvalue weighted by Crippen LogP contribution is 2.59. The minimum Gasteiger partial charge on any atom is -0.450 e. The van der Waals surface area contributed by atoms with Gasteiger partial charge in [0.15, 0.2) is 11.9 Å².